The van der Waals surface area contributed by atoms with Crippen LogP contribution in [0.2, 0.25) is 0 Å². The third-order valence-corrected chi connectivity index (χ3v) is 1.78. The van der Waals surface area contributed by atoms with E-state index in [1.54, 1.807) is 6.07 Å². The fourth-order valence-corrected chi connectivity index (χ4v) is 1.07. The van der Waals surface area contributed by atoms with Gasteiger partial charge in [0.2, 0.25) is 0 Å². The van der Waals surface area contributed by atoms with Gasteiger partial charge in [-0.05, 0) is 28.1 Å². The standard InChI is InChI=1S/C8H6BrNO/c9-7-3-1-2-4-8(7)11-6-5-10/h1-4H,6H2. The van der Waals surface area contributed by atoms with Gasteiger partial charge >= 0.3 is 0 Å². The van der Waals surface area contributed by atoms with Crippen LogP contribution in [0.4, 0.5) is 0 Å². The lowest BCUT2D eigenvalue weighted by Gasteiger charge is -2.01. The van der Waals surface area contributed by atoms with E-state index in [9.17, 15) is 0 Å². The molecule has 0 aliphatic heterocycles. The van der Waals surface area contributed by atoms with Crippen molar-refractivity contribution < 1.29 is 4.74 Å². The van der Waals surface area contributed by atoms with Crippen LogP contribution in [0.25, 0.3) is 0 Å². The van der Waals surface area contributed by atoms with Gasteiger partial charge in [0, 0.05) is 0 Å². The molecule has 0 radical (unpaired) electrons. The zero-order valence-corrected chi connectivity index (χ0v) is 7.34. The molecule has 3 heteroatoms. The first-order valence-corrected chi connectivity index (χ1v) is 3.88. The fraction of sp³-hybridized carbons (Fsp3) is 0.125. The summed E-state index contributed by atoms with van der Waals surface area (Å²) in [5, 5.41) is 8.23. The molecular formula is C8H6BrNO. The molecule has 0 atom stereocenters. The Morgan fingerprint density at radius 2 is 2.18 bits per heavy atom. The van der Waals surface area contributed by atoms with E-state index in [2.05, 4.69) is 15.9 Å². The normalized spacial score (nSPS) is 8.73. The summed E-state index contributed by atoms with van der Waals surface area (Å²) in [6, 6.07) is 9.33. The van der Waals surface area contributed by atoms with E-state index in [1.165, 1.54) is 0 Å². The Bertz CT molecular complexity index is 280. The molecule has 0 saturated heterocycles. The van der Waals surface area contributed by atoms with Gasteiger partial charge in [-0.2, -0.15) is 5.26 Å². The largest absolute Gasteiger partial charge is 0.478 e. The average molecular weight is 212 g/mol. The first-order valence-electron chi connectivity index (χ1n) is 3.09. The second kappa shape index (κ2) is 3.99. The van der Waals surface area contributed by atoms with Gasteiger partial charge in [-0.3, -0.25) is 0 Å². The van der Waals surface area contributed by atoms with Crippen LogP contribution >= 0.6 is 15.9 Å². The monoisotopic (exact) mass is 211 g/mol. The molecule has 0 unspecified atom stereocenters. The number of nitrogens with zero attached hydrogens (tertiary/aromatic N) is 1. The molecule has 0 aromatic heterocycles. The number of nitriles is 1. The summed E-state index contributed by atoms with van der Waals surface area (Å²) < 4.78 is 5.95. The molecule has 0 aliphatic rings. The molecule has 1 rings (SSSR count). The van der Waals surface area contributed by atoms with Crippen molar-refractivity contribution in [2.45, 2.75) is 0 Å². The number of hydrogen-bond acceptors (Lipinski definition) is 2. The Morgan fingerprint density at radius 3 is 2.82 bits per heavy atom. The van der Waals surface area contributed by atoms with Crippen LogP contribution in [0.15, 0.2) is 28.7 Å². The van der Waals surface area contributed by atoms with Crippen molar-refractivity contribution >= 4 is 15.9 Å². The van der Waals surface area contributed by atoms with Gasteiger partial charge < -0.3 is 4.74 Å². The van der Waals surface area contributed by atoms with Crippen LogP contribution in [-0.2, 0) is 0 Å². The molecule has 2 nitrogen and oxygen atoms in total. The molecule has 56 valence electrons. The molecule has 1 aromatic rings. The fourth-order valence-electron chi connectivity index (χ4n) is 0.672. The predicted octanol–water partition coefficient (Wildman–Crippen LogP) is 2.35. The molecule has 0 aliphatic carbocycles. The van der Waals surface area contributed by atoms with E-state index in [-0.39, 0.29) is 6.61 Å². The van der Waals surface area contributed by atoms with E-state index >= 15 is 0 Å². The highest BCUT2D eigenvalue weighted by Gasteiger charge is 1.96. The van der Waals surface area contributed by atoms with Crippen LogP contribution in [0.1, 0.15) is 0 Å². The highest BCUT2D eigenvalue weighted by atomic mass is 79.9. The lowest BCUT2D eigenvalue weighted by Crippen LogP contribution is -1.93. The number of ether oxygens (including phenoxy) is 1. The number of benzene rings is 1. The van der Waals surface area contributed by atoms with Crippen molar-refractivity contribution in [2.75, 3.05) is 6.61 Å². The zero-order chi connectivity index (χ0) is 8.10. The van der Waals surface area contributed by atoms with Crippen molar-refractivity contribution in [1.29, 1.82) is 5.26 Å². The van der Waals surface area contributed by atoms with Gasteiger partial charge in [-0.15, -0.1) is 0 Å². The smallest absolute Gasteiger partial charge is 0.174 e. The average Bonchev–Trinajstić information content (AvgIpc) is 2.03. The van der Waals surface area contributed by atoms with Gasteiger partial charge in [0.1, 0.15) is 11.8 Å². The number of halogens is 1. The Labute approximate surface area is 73.5 Å². The van der Waals surface area contributed by atoms with E-state index in [0.29, 0.717) is 5.75 Å². The maximum Gasteiger partial charge on any atom is 0.174 e. The minimum Gasteiger partial charge on any atom is -0.478 e. The Morgan fingerprint density at radius 1 is 1.45 bits per heavy atom. The molecular weight excluding hydrogens is 206 g/mol. The second-order valence-corrected chi connectivity index (χ2v) is 2.73. The lowest BCUT2D eigenvalue weighted by molar-refractivity contribution is 0.366. The Kier molecular flexibility index (Phi) is 2.94. The molecule has 0 spiro atoms. The first-order chi connectivity index (χ1) is 5.34. The number of rotatable bonds is 2. The molecule has 0 heterocycles. The maximum absolute atomic E-state index is 8.23. The summed E-state index contributed by atoms with van der Waals surface area (Å²) in [5.41, 5.74) is 0. The van der Waals surface area contributed by atoms with Gasteiger partial charge in [0.25, 0.3) is 0 Å². The molecule has 11 heavy (non-hydrogen) atoms. The Hall–Kier alpha value is -1.01. The predicted molar refractivity (Wildman–Crippen MR) is 45.3 cm³/mol. The summed E-state index contributed by atoms with van der Waals surface area (Å²) in [5.74, 6) is 0.703. The molecule has 0 amide bonds. The van der Waals surface area contributed by atoms with Gasteiger partial charge in [-0.25, -0.2) is 0 Å². The lowest BCUT2D eigenvalue weighted by atomic mass is 10.3. The first kappa shape index (κ1) is 8.09. The highest BCUT2D eigenvalue weighted by molar-refractivity contribution is 9.10. The van der Waals surface area contributed by atoms with Crippen molar-refractivity contribution in [3.8, 4) is 11.8 Å². The minimum atomic E-state index is 0.0859. The molecule has 0 N–H and O–H groups in total. The second-order valence-electron chi connectivity index (χ2n) is 1.88. The van der Waals surface area contributed by atoms with E-state index in [1.807, 2.05) is 24.3 Å². The van der Waals surface area contributed by atoms with Crippen molar-refractivity contribution in [1.82, 2.24) is 0 Å². The summed E-state index contributed by atoms with van der Waals surface area (Å²) in [4.78, 5) is 0. The number of hydrogen-bond donors (Lipinski definition) is 0. The van der Waals surface area contributed by atoms with Crippen LogP contribution < -0.4 is 4.74 Å². The molecule has 0 fully saturated rings. The topological polar surface area (TPSA) is 33.0 Å². The minimum absolute atomic E-state index is 0.0859. The van der Waals surface area contributed by atoms with Crippen LogP contribution in [-0.4, -0.2) is 6.61 Å². The summed E-state index contributed by atoms with van der Waals surface area (Å²) in [6.07, 6.45) is 0. The zero-order valence-electron chi connectivity index (χ0n) is 5.75. The quantitative estimate of drug-likeness (QED) is 0.753. The summed E-state index contributed by atoms with van der Waals surface area (Å²) in [6.45, 7) is 0.0859. The van der Waals surface area contributed by atoms with Gasteiger partial charge in [0.15, 0.2) is 6.61 Å². The van der Waals surface area contributed by atoms with E-state index < -0.39 is 0 Å². The van der Waals surface area contributed by atoms with Crippen molar-refractivity contribution in [3.05, 3.63) is 28.7 Å². The van der Waals surface area contributed by atoms with Gasteiger partial charge in [0.05, 0.1) is 4.47 Å². The van der Waals surface area contributed by atoms with Gasteiger partial charge in [-0.1, -0.05) is 12.1 Å². The van der Waals surface area contributed by atoms with Crippen LogP contribution in [0, 0.1) is 11.3 Å². The van der Waals surface area contributed by atoms with Crippen molar-refractivity contribution in [2.24, 2.45) is 0 Å². The molecule has 0 bridgehead atoms. The summed E-state index contributed by atoms with van der Waals surface area (Å²) in [7, 11) is 0. The highest BCUT2D eigenvalue weighted by Crippen LogP contribution is 2.23. The van der Waals surface area contributed by atoms with E-state index in [4.69, 9.17) is 10.00 Å². The third-order valence-electron chi connectivity index (χ3n) is 1.13. The summed E-state index contributed by atoms with van der Waals surface area (Å²) >= 11 is 3.29. The van der Waals surface area contributed by atoms with Crippen molar-refractivity contribution in [3.63, 3.8) is 0 Å². The number of para-hydroxylation sites is 1. The SMILES string of the molecule is N#CCOc1ccccc1Br. The van der Waals surface area contributed by atoms with Crippen LogP contribution in [0.5, 0.6) is 5.75 Å². The maximum atomic E-state index is 8.23. The van der Waals surface area contributed by atoms with Crippen LogP contribution in [0.3, 0.4) is 0 Å². The molecule has 0 saturated carbocycles. The Balaban J connectivity index is 2.71. The third kappa shape index (κ3) is 2.24. The van der Waals surface area contributed by atoms with E-state index in [0.717, 1.165) is 4.47 Å². The molecule has 1 aromatic carbocycles.